The molecule has 0 aliphatic carbocycles. The number of thioether (sulfide) groups is 1. The molecule has 0 spiro atoms. The molecule has 2 atom stereocenters. The lowest BCUT2D eigenvalue weighted by atomic mass is 9.88. The average molecular weight is 589 g/mol. The first-order valence-electron chi connectivity index (χ1n) is 13.1. The number of rotatable bonds is 4. The Morgan fingerprint density at radius 1 is 0.692 bits per heavy atom. The van der Waals surface area contributed by atoms with Gasteiger partial charge < -0.3 is 0 Å². The van der Waals surface area contributed by atoms with E-state index in [-0.39, 0.29) is 5.25 Å². The Labute approximate surface area is 241 Å². The van der Waals surface area contributed by atoms with Gasteiger partial charge in [0, 0.05) is 32.2 Å². The lowest BCUT2D eigenvalue weighted by Gasteiger charge is -2.45. The van der Waals surface area contributed by atoms with E-state index in [1.54, 1.807) is 0 Å². The summed E-state index contributed by atoms with van der Waals surface area (Å²) in [6.07, 6.45) is 0.813. The van der Waals surface area contributed by atoms with Gasteiger partial charge in [0.25, 0.3) is 0 Å². The Morgan fingerprint density at radius 3 is 2.05 bits per heavy atom. The number of nitrogens with zero attached hydrogens (tertiary/aromatic N) is 3. The average Bonchev–Trinajstić information content (AvgIpc) is 3.26. The van der Waals surface area contributed by atoms with Crippen molar-refractivity contribution in [1.82, 2.24) is 0 Å². The van der Waals surface area contributed by atoms with Crippen LogP contribution in [-0.2, 0) is 5.66 Å². The molecule has 0 bridgehead atoms. The molecule has 0 saturated carbocycles. The maximum Gasteiger partial charge on any atom is 0.167 e. The van der Waals surface area contributed by atoms with Crippen LogP contribution >= 0.6 is 27.7 Å². The zero-order valence-electron chi connectivity index (χ0n) is 21.2. The van der Waals surface area contributed by atoms with Crippen LogP contribution in [0.15, 0.2) is 154 Å². The number of hydrogen-bond acceptors (Lipinski definition) is 4. The Kier molecular flexibility index (Phi) is 6.26. The van der Waals surface area contributed by atoms with Gasteiger partial charge in [-0.05, 0) is 35.9 Å². The number of hydrazone groups is 1. The molecule has 0 saturated heterocycles. The number of amidine groups is 1. The molecule has 0 radical (unpaired) electrons. The molecule has 2 heterocycles. The van der Waals surface area contributed by atoms with E-state index in [9.17, 15) is 0 Å². The molecule has 5 aromatic rings. The molecular formula is C34H26BrN3S. The molecule has 0 aromatic heterocycles. The standard InChI is InChI=1S/C34H26BrN3S/c35-29-21-11-10-20-28(29)32-24-34(26-16-6-2-7-17-26)37(30-22-12-13-23-31(30)39-32)33(25-14-4-1-5-15-25)36-38(34)27-18-8-3-9-19-27/h1-23,32H,24H2/t32-,34-/m1/s1. The second-order valence-electron chi connectivity index (χ2n) is 9.75. The predicted octanol–water partition coefficient (Wildman–Crippen LogP) is 9.23. The summed E-state index contributed by atoms with van der Waals surface area (Å²) in [4.78, 5) is 3.73. The first kappa shape index (κ1) is 24.3. The second-order valence-corrected chi connectivity index (χ2v) is 11.9. The Morgan fingerprint density at radius 2 is 1.31 bits per heavy atom. The van der Waals surface area contributed by atoms with Crippen LogP contribution in [0.4, 0.5) is 11.4 Å². The molecule has 5 heteroatoms. The number of halogens is 1. The van der Waals surface area contributed by atoms with Crippen LogP contribution in [0.25, 0.3) is 0 Å². The molecule has 2 aliphatic rings. The smallest absolute Gasteiger partial charge is 0.167 e. The van der Waals surface area contributed by atoms with Crippen molar-refractivity contribution in [2.45, 2.75) is 22.2 Å². The third-order valence-electron chi connectivity index (χ3n) is 7.49. The van der Waals surface area contributed by atoms with Crippen LogP contribution in [0.2, 0.25) is 0 Å². The number of hydrogen-bond donors (Lipinski definition) is 0. The third kappa shape index (κ3) is 4.08. The molecule has 39 heavy (non-hydrogen) atoms. The minimum absolute atomic E-state index is 0.170. The fourth-order valence-corrected chi connectivity index (χ4v) is 7.88. The normalized spacial score (nSPS) is 20.1. The largest absolute Gasteiger partial charge is 0.294 e. The van der Waals surface area contributed by atoms with Crippen molar-refractivity contribution in [3.63, 3.8) is 0 Å². The highest BCUT2D eigenvalue weighted by atomic mass is 79.9. The van der Waals surface area contributed by atoms with Gasteiger partial charge >= 0.3 is 0 Å². The fourth-order valence-electron chi connectivity index (χ4n) is 5.78. The molecule has 0 N–H and O–H groups in total. The van der Waals surface area contributed by atoms with E-state index in [2.05, 4.69) is 165 Å². The van der Waals surface area contributed by atoms with E-state index in [0.717, 1.165) is 28.0 Å². The fraction of sp³-hybridized carbons (Fsp3) is 0.0882. The van der Waals surface area contributed by atoms with Gasteiger partial charge in [-0.1, -0.05) is 125 Å². The van der Waals surface area contributed by atoms with Crippen molar-refractivity contribution < 1.29 is 0 Å². The molecule has 190 valence electrons. The molecule has 0 fully saturated rings. The Bertz CT molecular complexity index is 1640. The van der Waals surface area contributed by atoms with Gasteiger partial charge in [-0.2, -0.15) is 5.10 Å². The monoisotopic (exact) mass is 587 g/mol. The minimum Gasteiger partial charge on any atom is -0.294 e. The summed E-state index contributed by atoms with van der Waals surface area (Å²) in [5.74, 6) is 0.948. The van der Waals surface area contributed by atoms with Gasteiger partial charge in [0.15, 0.2) is 11.5 Å². The molecular weight excluding hydrogens is 562 g/mol. The number of benzene rings is 5. The number of fused-ring (bicyclic) bond motifs is 3. The predicted molar refractivity (Wildman–Crippen MR) is 166 cm³/mol. The molecule has 0 amide bonds. The highest BCUT2D eigenvalue weighted by Gasteiger charge is 2.55. The summed E-state index contributed by atoms with van der Waals surface area (Å²) in [5.41, 5.74) is 5.21. The van der Waals surface area contributed by atoms with Gasteiger partial charge in [0.1, 0.15) is 0 Å². The molecule has 2 aliphatic heterocycles. The van der Waals surface area contributed by atoms with E-state index in [4.69, 9.17) is 5.10 Å². The highest BCUT2D eigenvalue weighted by molar-refractivity contribution is 9.10. The summed E-state index contributed by atoms with van der Waals surface area (Å²) in [6.45, 7) is 0. The molecule has 7 rings (SSSR count). The quantitative estimate of drug-likeness (QED) is 0.209. The van der Waals surface area contributed by atoms with Crippen molar-refractivity contribution in [3.8, 4) is 0 Å². The summed E-state index contributed by atoms with van der Waals surface area (Å²) in [5, 5.41) is 7.90. The maximum atomic E-state index is 5.47. The van der Waals surface area contributed by atoms with Gasteiger partial charge in [0.2, 0.25) is 0 Å². The van der Waals surface area contributed by atoms with Crippen LogP contribution in [0.5, 0.6) is 0 Å². The lowest BCUT2D eigenvalue weighted by Crippen LogP contribution is -2.54. The second kappa shape index (κ2) is 10.1. The van der Waals surface area contributed by atoms with Gasteiger partial charge in [-0.25, -0.2) is 5.01 Å². The van der Waals surface area contributed by atoms with Crippen LogP contribution in [0.1, 0.15) is 28.4 Å². The Hall–Kier alpha value is -3.80. The van der Waals surface area contributed by atoms with Crippen molar-refractivity contribution in [2.75, 3.05) is 9.91 Å². The molecule has 0 unspecified atom stereocenters. The van der Waals surface area contributed by atoms with Gasteiger partial charge in [-0.3, -0.25) is 4.90 Å². The van der Waals surface area contributed by atoms with Crippen LogP contribution in [-0.4, -0.2) is 5.84 Å². The van der Waals surface area contributed by atoms with E-state index >= 15 is 0 Å². The first-order chi connectivity index (χ1) is 19.3. The van der Waals surface area contributed by atoms with Crippen LogP contribution < -0.4 is 9.91 Å². The van der Waals surface area contributed by atoms with Crippen molar-refractivity contribution in [2.24, 2.45) is 5.10 Å². The van der Waals surface area contributed by atoms with Crippen molar-refractivity contribution in [1.29, 1.82) is 0 Å². The van der Waals surface area contributed by atoms with E-state index < -0.39 is 5.66 Å². The first-order valence-corrected chi connectivity index (χ1v) is 14.8. The van der Waals surface area contributed by atoms with Crippen LogP contribution in [0, 0.1) is 0 Å². The molecule has 3 nitrogen and oxygen atoms in total. The van der Waals surface area contributed by atoms with E-state index in [1.165, 1.54) is 21.7 Å². The SMILES string of the molecule is Brc1ccccc1[C@H]1C[C@]2(c3ccccc3)N(c3ccccc3)N=C(c3ccccc3)N2c2ccccc2S1. The Balaban J connectivity index is 1.56. The van der Waals surface area contributed by atoms with Crippen molar-refractivity contribution >= 4 is 44.9 Å². The summed E-state index contributed by atoms with van der Waals surface area (Å²) >= 11 is 5.82. The minimum atomic E-state index is -0.604. The zero-order chi connectivity index (χ0) is 26.2. The molecule has 5 aromatic carbocycles. The number of para-hydroxylation sites is 2. The van der Waals surface area contributed by atoms with Gasteiger partial charge in [0.05, 0.1) is 11.4 Å². The van der Waals surface area contributed by atoms with Crippen molar-refractivity contribution in [3.05, 3.63) is 161 Å². The third-order valence-corrected chi connectivity index (χ3v) is 9.52. The zero-order valence-corrected chi connectivity index (χ0v) is 23.6. The maximum absolute atomic E-state index is 5.47. The highest BCUT2D eigenvalue weighted by Crippen LogP contribution is 2.58. The number of anilines is 2. The summed E-state index contributed by atoms with van der Waals surface area (Å²) < 4.78 is 1.13. The summed E-state index contributed by atoms with van der Waals surface area (Å²) in [6, 6.07) is 49.4. The van der Waals surface area contributed by atoms with Gasteiger partial charge in [-0.15, -0.1) is 11.8 Å². The summed E-state index contributed by atoms with van der Waals surface area (Å²) in [7, 11) is 0. The topological polar surface area (TPSA) is 18.8 Å². The van der Waals surface area contributed by atoms with Crippen LogP contribution in [0.3, 0.4) is 0 Å². The van der Waals surface area contributed by atoms with E-state index in [1.807, 2.05) is 11.8 Å². The lowest BCUT2D eigenvalue weighted by molar-refractivity contribution is 0.407. The van der Waals surface area contributed by atoms with E-state index in [0.29, 0.717) is 0 Å².